The minimum Gasteiger partial charge on any atom is -0.460 e. The SMILES string of the molecule is O=C(CCc1ccncc1)N1CCC2(CC1)CC(Cn1cnc3ccccc31)OC2=O. The van der Waals surface area contributed by atoms with Gasteiger partial charge in [-0.05, 0) is 49.1 Å². The number of fused-ring (bicyclic) bond motifs is 1. The van der Waals surface area contributed by atoms with Gasteiger partial charge in [-0.2, -0.15) is 0 Å². The molecule has 2 aliphatic rings. The average molecular weight is 418 g/mol. The van der Waals surface area contributed by atoms with Crippen LogP contribution in [0.15, 0.2) is 55.1 Å². The first-order chi connectivity index (χ1) is 15.1. The quantitative estimate of drug-likeness (QED) is 0.596. The van der Waals surface area contributed by atoms with Gasteiger partial charge in [0.15, 0.2) is 0 Å². The van der Waals surface area contributed by atoms with Gasteiger partial charge in [-0.15, -0.1) is 0 Å². The molecule has 160 valence electrons. The van der Waals surface area contributed by atoms with Crippen LogP contribution >= 0.6 is 0 Å². The molecular weight excluding hydrogens is 392 g/mol. The number of cyclic esters (lactones) is 1. The minimum atomic E-state index is -0.455. The van der Waals surface area contributed by atoms with E-state index in [4.69, 9.17) is 4.74 Å². The number of esters is 1. The number of nitrogens with zero attached hydrogens (tertiary/aromatic N) is 4. The number of amides is 1. The molecule has 2 saturated heterocycles. The number of ether oxygens (including phenoxy) is 1. The lowest BCUT2D eigenvalue weighted by Crippen LogP contribution is -2.45. The van der Waals surface area contributed by atoms with Crippen molar-refractivity contribution in [2.75, 3.05) is 13.1 Å². The van der Waals surface area contributed by atoms with Gasteiger partial charge >= 0.3 is 5.97 Å². The fourth-order valence-corrected chi connectivity index (χ4v) is 4.87. The third-order valence-corrected chi connectivity index (χ3v) is 6.70. The van der Waals surface area contributed by atoms with Crippen molar-refractivity contribution in [1.82, 2.24) is 19.4 Å². The van der Waals surface area contributed by atoms with Gasteiger partial charge in [-0.1, -0.05) is 12.1 Å². The van der Waals surface area contributed by atoms with Gasteiger partial charge in [-0.3, -0.25) is 14.6 Å². The highest BCUT2D eigenvalue weighted by Gasteiger charge is 2.50. The molecule has 0 aliphatic carbocycles. The highest BCUT2D eigenvalue weighted by molar-refractivity contribution is 5.81. The second-order valence-corrected chi connectivity index (χ2v) is 8.63. The number of pyridine rings is 1. The molecule has 1 aromatic carbocycles. The molecule has 2 aliphatic heterocycles. The zero-order valence-corrected chi connectivity index (χ0v) is 17.4. The summed E-state index contributed by atoms with van der Waals surface area (Å²) in [4.78, 5) is 35.8. The summed E-state index contributed by atoms with van der Waals surface area (Å²) >= 11 is 0. The summed E-state index contributed by atoms with van der Waals surface area (Å²) < 4.78 is 7.84. The number of benzene rings is 1. The number of piperidine rings is 1. The summed E-state index contributed by atoms with van der Waals surface area (Å²) in [5.74, 6) is 0.0465. The molecule has 0 saturated carbocycles. The van der Waals surface area contributed by atoms with Crippen LogP contribution in [0.2, 0.25) is 0 Å². The zero-order chi connectivity index (χ0) is 21.3. The summed E-state index contributed by atoms with van der Waals surface area (Å²) in [6, 6.07) is 11.9. The van der Waals surface area contributed by atoms with Gasteiger partial charge in [0.2, 0.25) is 5.91 Å². The van der Waals surface area contributed by atoms with Crippen molar-refractivity contribution in [3.8, 4) is 0 Å². The highest BCUT2D eigenvalue weighted by atomic mass is 16.6. The number of imidazole rings is 1. The molecule has 1 atom stereocenters. The molecule has 0 radical (unpaired) electrons. The van der Waals surface area contributed by atoms with E-state index in [9.17, 15) is 9.59 Å². The van der Waals surface area contributed by atoms with Crippen molar-refractivity contribution in [3.63, 3.8) is 0 Å². The van der Waals surface area contributed by atoms with Crippen LogP contribution in [0.1, 0.15) is 31.2 Å². The van der Waals surface area contributed by atoms with Crippen molar-refractivity contribution < 1.29 is 14.3 Å². The Morgan fingerprint density at radius 2 is 1.90 bits per heavy atom. The number of para-hydroxylation sites is 2. The topological polar surface area (TPSA) is 77.3 Å². The molecule has 1 amide bonds. The third kappa shape index (κ3) is 3.92. The largest absolute Gasteiger partial charge is 0.460 e. The lowest BCUT2D eigenvalue weighted by molar-refractivity contribution is -0.152. The maximum Gasteiger partial charge on any atom is 0.312 e. The van der Waals surface area contributed by atoms with E-state index in [1.54, 1.807) is 12.4 Å². The minimum absolute atomic E-state index is 0.106. The van der Waals surface area contributed by atoms with E-state index in [1.807, 2.05) is 47.6 Å². The van der Waals surface area contributed by atoms with Crippen molar-refractivity contribution >= 4 is 22.9 Å². The first-order valence-corrected chi connectivity index (χ1v) is 10.9. The molecule has 2 fully saturated rings. The van der Waals surface area contributed by atoms with E-state index >= 15 is 0 Å². The Morgan fingerprint density at radius 3 is 2.71 bits per heavy atom. The number of hydrogen-bond donors (Lipinski definition) is 0. The van der Waals surface area contributed by atoms with Crippen LogP contribution in [0.4, 0.5) is 0 Å². The molecule has 0 bridgehead atoms. The second kappa shape index (κ2) is 8.13. The van der Waals surface area contributed by atoms with Crippen LogP contribution in [-0.4, -0.2) is 50.5 Å². The van der Waals surface area contributed by atoms with Crippen LogP contribution < -0.4 is 0 Å². The molecule has 1 unspecified atom stereocenters. The van der Waals surface area contributed by atoms with E-state index < -0.39 is 5.41 Å². The van der Waals surface area contributed by atoms with Gasteiger partial charge < -0.3 is 14.2 Å². The fourth-order valence-electron chi connectivity index (χ4n) is 4.87. The summed E-state index contributed by atoms with van der Waals surface area (Å²) in [5.41, 5.74) is 2.66. The number of aromatic nitrogens is 3. The normalized spacial score (nSPS) is 20.3. The van der Waals surface area contributed by atoms with E-state index in [0.29, 0.717) is 51.7 Å². The Kier molecular flexibility index (Phi) is 5.18. The van der Waals surface area contributed by atoms with Gasteiger partial charge in [0, 0.05) is 38.3 Å². The molecule has 2 aromatic heterocycles. The second-order valence-electron chi connectivity index (χ2n) is 8.63. The first kappa shape index (κ1) is 19.7. The Balaban J connectivity index is 1.17. The Morgan fingerprint density at radius 1 is 1.13 bits per heavy atom. The van der Waals surface area contributed by atoms with E-state index in [2.05, 4.69) is 14.5 Å². The Labute approximate surface area is 181 Å². The molecule has 3 aromatic rings. The standard InChI is InChI=1S/C24H26N4O3/c29-22(6-5-18-7-11-25-12-8-18)27-13-9-24(10-14-27)15-19(31-23(24)30)16-28-17-26-20-3-1-2-4-21(20)28/h1-4,7-8,11-12,17,19H,5-6,9-10,13-16H2. The molecule has 1 spiro atoms. The monoisotopic (exact) mass is 418 g/mol. The third-order valence-electron chi connectivity index (χ3n) is 6.70. The fraction of sp³-hybridized carbons (Fsp3) is 0.417. The van der Waals surface area contributed by atoms with E-state index in [1.165, 1.54) is 0 Å². The van der Waals surface area contributed by atoms with Crippen LogP contribution in [0.3, 0.4) is 0 Å². The van der Waals surface area contributed by atoms with Gasteiger partial charge in [0.05, 0.1) is 29.3 Å². The zero-order valence-electron chi connectivity index (χ0n) is 17.4. The maximum absolute atomic E-state index is 12.8. The van der Waals surface area contributed by atoms with Crippen molar-refractivity contribution in [1.29, 1.82) is 0 Å². The van der Waals surface area contributed by atoms with Crippen molar-refractivity contribution in [2.24, 2.45) is 5.41 Å². The maximum atomic E-state index is 12.8. The predicted molar refractivity (Wildman–Crippen MR) is 115 cm³/mol. The van der Waals surface area contributed by atoms with Crippen LogP contribution in [0.25, 0.3) is 11.0 Å². The summed E-state index contributed by atoms with van der Waals surface area (Å²) in [6.07, 6.45) is 8.41. The van der Waals surface area contributed by atoms with Crippen LogP contribution in [0, 0.1) is 5.41 Å². The van der Waals surface area contributed by atoms with Gasteiger partial charge in [0.1, 0.15) is 6.10 Å². The Bertz CT molecular complexity index is 1090. The summed E-state index contributed by atoms with van der Waals surface area (Å²) in [6.45, 7) is 1.85. The van der Waals surface area contributed by atoms with E-state index in [0.717, 1.165) is 16.6 Å². The summed E-state index contributed by atoms with van der Waals surface area (Å²) in [7, 11) is 0. The van der Waals surface area contributed by atoms with Crippen molar-refractivity contribution in [2.45, 2.75) is 44.8 Å². The number of rotatable bonds is 5. The number of likely N-dealkylation sites (tertiary alicyclic amines) is 1. The average Bonchev–Trinajstić information content (AvgIpc) is 3.34. The van der Waals surface area contributed by atoms with E-state index in [-0.39, 0.29) is 18.0 Å². The molecule has 7 nitrogen and oxygen atoms in total. The lowest BCUT2D eigenvalue weighted by atomic mass is 9.76. The summed E-state index contributed by atoms with van der Waals surface area (Å²) in [5, 5.41) is 0. The number of aryl methyl sites for hydroxylation is 1. The molecule has 5 rings (SSSR count). The Hall–Kier alpha value is -3.22. The predicted octanol–water partition coefficient (Wildman–Crippen LogP) is 2.99. The molecule has 4 heterocycles. The smallest absolute Gasteiger partial charge is 0.312 e. The van der Waals surface area contributed by atoms with Gasteiger partial charge in [0.25, 0.3) is 0 Å². The van der Waals surface area contributed by atoms with Gasteiger partial charge in [-0.25, -0.2) is 4.98 Å². The lowest BCUT2D eigenvalue weighted by Gasteiger charge is -2.36. The molecular formula is C24H26N4O3. The van der Waals surface area contributed by atoms with Crippen molar-refractivity contribution in [3.05, 3.63) is 60.7 Å². The molecule has 0 N–H and O–H groups in total. The highest BCUT2D eigenvalue weighted by Crippen LogP contribution is 2.43. The molecule has 7 heteroatoms. The molecule has 31 heavy (non-hydrogen) atoms. The number of hydrogen-bond acceptors (Lipinski definition) is 5. The van der Waals surface area contributed by atoms with Crippen LogP contribution in [-0.2, 0) is 27.3 Å². The number of carbonyl (C=O) groups is 2. The number of carbonyl (C=O) groups excluding carboxylic acids is 2. The van der Waals surface area contributed by atoms with Crippen LogP contribution in [0.5, 0.6) is 0 Å². The first-order valence-electron chi connectivity index (χ1n) is 10.9.